The van der Waals surface area contributed by atoms with E-state index in [1.807, 2.05) is 48.5 Å². The monoisotopic (exact) mass is 440 g/mol. The van der Waals surface area contributed by atoms with E-state index in [-0.39, 0.29) is 31.4 Å². The van der Waals surface area contributed by atoms with Crippen LogP contribution in [0.4, 0.5) is 11.4 Å². The van der Waals surface area contributed by atoms with Crippen LogP contribution in [0.1, 0.15) is 6.42 Å². The maximum atomic E-state index is 9.07. The van der Waals surface area contributed by atoms with Crippen molar-refractivity contribution in [1.29, 1.82) is 0 Å². The summed E-state index contributed by atoms with van der Waals surface area (Å²) < 4.78 is 5.50. The first-order valence-electron chi connectivity index (χ1n) is 9.42. The van der Waals surface area contributed by atoms with Crippen LogP contribution >= 0.6 is 24.8 Å². The number of hydrogen-bond donors (Lipinski definition) is 2. The van der Waals surface area contributed by atoms with E-state index in [1.165, 1.54) is 0 Å². The summed E-state index contributed by atoms with van der Waals surface area (Å²) in [6.45, 7) is 4.31. The number of nitrogens with one attached hydrogen (secondary N) is 1. The summed E-state index contributed by atoms with van der Waals surface area (Å²) in [7, 11) is 1.71. The van der Waals surface area contributed by atoms with E-state index in [4.69, 9.17) is 14.8 Å². The topological polar surface area (TPSA) is 60.3 Å². The SMILES string of the molecule is COc1ccccc1N1CCN(C(=NCCCO)Nc2ccccc2)CC1.Cl.Cl. The molecule has 0 aliphatic carbocycles. The minimum atomic E-state index is 0. The zero-order valence-corrected chi connectivity index (χ0v) is 18.3. The summed E-state index contributed by atoms with van der Waals surface area (Å²) in [5.41, 5.74) is 2.15. The predicted octanol–water partition coefficient (Wildman–Crippen LogP) is 3.51. The van der Waals surface area contributed by atoms with E-state index < -0.39 is 0 Å². The number of anilines is 2. The smallest absolute Gasteiger partial charge is 0.198 e. The lowest BCUT2D eigenvalue weighted by atomic mass is 10.2. The average Bonchev–Trinajstić information content (AvgIpc) is 2.74. The van der Waals surface area contributed by atoms with Gasteiger partial charge in [0.2, 0.25) is 0 Å². The molecule has 1 saturated heterocycles. The molecule has 2 aromatic carbocycles. The third-order valence-corrected chi connectivity index (χ3v) is 4.61. The van der Waals surface area contributed by atoms with Gasteiger partial charge in [-0.3, -0.25) is 4.99 Å². The molecule has 0 unspecified atom stereocenters. The fraction of sp³-hybridized carbons (Fsp3) is 0.381. The van der Waals surface area contributed by atoms with Crippen LogP contribution in [0, 0.1) is 0 Å². The second-order valence-corrected chi connectivity index (χ2v) is 6.42. The van der Waals surface area contributed by atoms with Crippen LogP contribution in [0.3, 0.4) is 0 Å². The highest BCUT2D eigenvalue weighted by Gasteiger charge is 2.22. The molecule has 0 saturated carbocycles. The van der Waals surface area contributed by atoms with Gasteiger partial charge < -0.3 is 25.0 Å². The number of aliphatic hydroxyl groups excluding tert-OH is 1. The molecule has 29 heavy (non-hydrogen) atoms. The van der Waals surface area contributed by atoms with Gasteiger partial charge >= 0.3 is 0 Å². The molecule has 0 atom stereocenters. The first-order valence-corrected chi connectivity index (χ1v) is 9.42. The fourth-order valence-corrected chi connectivity index (χ4v) is 3.18. The van der Waals surface area contributed by atoms with Crippen LogP contribution in [0.5, 0.6) is 5.75 Å². The van der Waals surface area contributed by atoms with Crippen molar-refractivity contribution in [2.75, 3.05) is 56.7 Å². The van der Waals surface area contributed by atoms with Crippen LogP contribution in [-0.4, -0.2) is 62.4 Å². The summed E-state index contributed by atoms with van der Waals surface area (Å²) in [5, 5.41) is 12.5. The second-order valence-electron chi connectivity index (χ2n) is 6.42. The quantitative estimate of drug-likeness (QED) is 0.408. The van der Waals surface area contributed by atoms with Crippen molar-refractivity contribution in [3.63, 3.8) is 0 Å². The highest BCUT2D eigenvalue weighted by Crippen LogP contribution is 2.28. The molecule has 0 aromatic heterocycles. The highest BCUT2D eigenvalue weighted by molar-refractivity contribution is 5.93. The molecular formula is C21H30Cl2N4O2. The summed E-state index contributed by atoms with van der Waals surface area (Å²) in [6.07, 6.45) is 0.668. The molecule has 1 aliphatic heterocycles. The Labute approximate surface area is 185 Å². The molecule has 3 rings (SSSR count). The van der Waals surface area contributed by atoms with Crippen molar-refractivity contribution in [3.05, 3.63) is 54.6 Å². The highest BCUT2D eigenvalue weighted by atomic mass is 35.5. The zero-order chi connectivity index (χ0) is 18.9. The van der Waals surface area contributed by atoms with Crippen molar-refractivity contribution < 1.29 is 9.84 Å². The number of halogens is 2. The lowest BCUT2D eigenvalue weighted by Crippen LogP contribution is -2.50. The van der Waals surface area contributed by atoms with Crippen molar-refractivity contribution >= 4 is 42.1 Å². The maximum Gasteiger partial charge on any atom is 0.198 e. The van der Waals surface area contributed by atoms with Gasteiger partial charge in [-0.15, -0.1) is 24.8 Å². The number of ether oxygens (including phenoxy) is 1. The number of benzene rings is 2. The normalized spacial score (nSPS) is 13.9. The van der Waals surface area contributed by atoms with Gasteiger partial charge in [0.1, 0.15) is 5.75 Å². The largest absolute Gasteiger partial charge is 0.495 e. The Kier molecular flexibility index (Phi) is 11.3. The molecule has 6 nitrogen and oxygen atoms in total. The van der Waals surface area contributed by atoms with Gasteiger partial charge in [-0.1, -0.05) is 30.3 Å². The number of piperazine rings is 1. The molecule has 0 amide bonds. The van der Waals surface area contributed by atoms with E-state index in [0.29, 0.717) is 13.0 Å². The fourth-order valence-electron chi connectivity index (χ4n) is 3.18. The van der Waals surface area contributed by atoms with Crippen LogP contribution in [0.2, 0.25) is 0 Å². The van der Waals surface area contributed by atoms with E-state index in [2.05, 4.69) is 21.2 Å². The van der Waals surface area contributed by atoms with Crippen LogP contribution in [-0.2, 0) is 0 Å². The van der Waals surface area contributed by atoms with Gasteiger partial charge in [-0.05, 0) is 30.7 Å². The predicted molar refractivity (Wildman–Crippen MR) is 125 cm³/mol. The number of rotatable bonds is 6. The number of para-hydroxylation sites is 3. The molecule has 1 heterocycles. The number of aliphatic imine (C=N–C) groups is 1. The average molecular weight is 441 g/mol. The van der Waals surface area contributed by atoms with Crippen molar-refractivity contribution in [2.45, 2.75) is 6.42 Å². The van der Waals surface area contributed by atoms with Crippen molar-refractivity contribution in [1.82, 2.24) is 4.90 Å². The van der Waals surface area contributed by atoms with Crippen LogP contribution < -0.4 is 15.0 Å². The number of aliphatic hydroxyl groups is 1. The Balaban J connectivity index is 0.00000210. The molecular weight excluding hydrogens is 411 g/mol. The Morgan fingerprint density at radius 2 is 1.66 bits per heavy atom. The number of hydrogen-bond acceptors (Lipinski definition) is 4. The van der Waals surface area contributed by atoms with E-state index in [0.717, 1.165) is 49.3 Å². The molecule has 0 bridgehead atoms. The van der Waals surface area contributed by atoms with Gasteiger partial charge in [-0.25, -0.2) is 0 Å². The molecule has 1 fully saturated rings. The molecule has 0 radical (unpaired) electrons. The maximum absolute atomic E-state index is 9.07. The summed E-state index contributed by atoms with van der Waals surface area (Å²) in [5.74, 6) is 1.78. The molecule has 0 spiro atoms. The number of guanidine groups is 1. The number of methoxy groups -OCH3 is 1. The van der Waals surface area contributed by atoms with E-state index >= 15 is 0 Å². The minimum Gasteiger partial charge on any atom is -0.495 e. The Morgan fingerprint density at radius 1 is 1.00 bits per heavy atom. The zero-order valence-electron chi connectivity index (χ0n) is 16.7. The van der Waals surface area contributed by atoms with Gasteiger partial charge in [0.15, 0.2) is 5.96 Å². The molecule has 160 valence electrons. The van der Waals surface area contributed by atoms with Crippen LogP contribution in [0.25, 0.3) is 0 Å². The Bertz CT molecular complexity index is 738. The van der Waals surface area contributed by atoms with Crippen LogP contribution in [0.15, 0.2) is 59.6 Å². The first kappa shape index (κ1) is 24.9. The van der Waals surface area contributed by atoms with Gasteiger partial charge in [-0.2, -0.15) is 0 Å². The molecule has 1 aliphatic rings. The second kappa shape index (κ2) is 13.1. The summed E-state index contributed by atoms with van der Waals surface area (Å²) in [6, 6.07) is 18.2. The minimum absolute atomic E-state index is 0. The Morgan fingerprint density at radius 3 is 2.31 bits per heavy atom. The summed E-state index contributed by atoms with van der Waals surface area (Å²) in [4.78, 5) is 9.32. The first-order chi connectivity index (χ1) is 13.3. The third kappa shape index (κ3) is 6.99. The number of nitrogens with zero attached hydrogens (tertiary/aromatic N) is 3. The lowest BCUT2D eigenvalue weighted by Gasteiger charge is -2.38. The van der Waals surface area contributed by atoms with Gasteiger partial charge in [0.25, 0.3) is 0 Å². The molecule has 8 heteroatoms. The van der Waals surface area contributed by atoms with Crippen molar-refractivity contribution in [3.8, 4) is 5.75 Å². The third-order valence-electron chi connectivity index (χ3n) is 4.61. The Hall–Kier alpha value is -2.15. The lowest BCUT2D eigenvalue weighted by molar-refractivity contribution is 0.290. The standard InChI is InChI=1S/C21H28N4O2.2ClH/c1-27-20-11-6-5-10-19(20)24-13-15-25(16-14-24)21(22-12-7-17-26)23-18-8-3-2-4-9-18;;/h2-6,8-11,26H,7,12-17H2,1H3,(H,22,23);2*1H. The van der Waals surface area contributed by atoms with Gasteiger partial charge in [0.05, 0.1) is 12.8 Å². The van der Waals surface area contributed by atoms with E-state index in [1.54, 1.807) is 7.11 Å². The van der Waals surface area contributed by atoms with Crippen molar-refractivity contribution in [2.24, 2.45) is 4.99 Å². The van der Waals surface area contributed by atoms with Gasteiger partial charge in [0, 0.05) is 45.0 Å². The van der Waals surface area contributed by atoms with E-state index in [9.17, 15) is 0 Å². The molecule has 2 aromatic rings. The summed E-state index contributed by atoms with van der Waals surface area (Å²) >= 11 is 0. The molecule has 2 N–H and O–H groups in total.